The first kappa shape index (κ1) is 14.9. The maximum Gasteiger partial charge on any atom is 0.412 e. The highest BCUT2D eigenvalue weighted by Gasteiger charge is 2.28. The van der Waals surface area contributed by atoms with Crippen LogP contribution < -0.4 is 5.73 Å². The van der Waals surface area contributed by atoms with Crippen molar-refractivity contribution in [1.82, 2.24) is 0 Å². The molecular weight excluding hydrogens is 190 g/mol. The van der Waals surface area contributed by atoms with E-state index in [2.05, 4.69) is 10.5 Å². The zero-order valence-corrected chi connectivity index (χ0v) is 8.44. The fourth-order valence-corrected chi connectivity index (χ4v) is 0.374. The fraction of sp³-hybridized carbons (Fsp3) is 0.625. The molecule has 0 aromatic heterocycles. The van der Waals surface area contributed by atoms with Crippen molar-refractivity contribution in [2.75, 3.05) is 0 Å². The van der Waals surface area contributed by atoms with E-state index in [-0.39, 0.29) is 6.47 Å². The molecule has 14 heavy (non-hydrogen) atoms. The molecule has 0 heterocycles. The summed E-state index contributed by atoms with van der Waals surface area (Å²) in [5.41, 5.74) is 4.03. The Kier molecular flexibility index (Phi) is 7.32. The minimum Gasteiger partial charge on any atom is -0.483 e. The highest BCUT2D eigenvalue weighted by molar-refractivity contribution is 5.86. The van der Waals surface area contributed by atoms with Crippen molar-refractivity contribution in [3.63, 3.8) is 0 Å². The number of hydrogen-bond donors (Lipinski definition) is 2. The highest BCUT2D eigenvalue weighted by Crippen LogP contribution is 2.21. The van der Waals surface area contributed by atoms with Crippen LogP contribution in [0, 0.1) is 5.41 Å². The molecule has 0 unspecified atom stereocenters. The van der Waals surface area contributed by atoms with Gasteiger partial charge in [0.2, 0.25) is 0 Å². The van der Waals surface area contributed by atoms with Crippen LogP contribution in [0.15, 0.2) is 0 Å². The van der Waals surface area contributed by atoms with E-state index in [1.165, 1.54) is 0 Å². The van der Waals surface area contributed by atoms with Gasteiger partial charge in [-0.2, -0.15) is 0 Å². The second kappa shape index (κ2) is 6.88. The number of ether oxygens (including phenoxy) is 1. The first-order valence-corrected chi connectivity index (χ1v) is 3.91. The molecule has 0 saturated heterocycles. The van der Waals surface area contributed by atoms with Gasteiger partial charge in [0, 0.05) is 0 Å². The quantitative estimate of drug-likeness (QED) is 0.393. The molecule has 0 atom stereocenters. The van der Waals surface area contributed by atoms with Gasteiger partial charge in [-0.3, -0.25) is 9.59 Å². The van der Waals surface area contributed by atoms with Crippen LogP contribution in [-0.2, 0) is 14.3 Å². The standard InChI is InChI=1S/C7H13NO3.CH2O2/c1-4-7(2,3)5(9)11-6(8)10;2-1-3/h4H2,1-3H3,(H2,8,10);1H,(H,2,3). The molecular formula is C8H15NO5. The third-order valence-corrected chi connectivity index (χ3v) is 1.63. The Bertz CT molecular complexity index is 212. The van der Waals surface area contributed by atoms with Crippen molar-refractivity contribution >= 4 is 18.5 Å². The Balaban J connectivity index is 0. The van der Waals surface area contributed by atoms with Gasteiger partial charge in [0.05, 0.1) is 5.41 Å². The minimum atomic E-state index is -1.04. The lowest BCUT2D eigenvalue weighted by Crippen LogP contribution is -2.30. The van der Waals surface area contributed by atoms with Crippen LogP contribution in [0.4, 0.5) is 4.79 Å². The molecule has 0 aromatic rings. The zero-order valence-electron chi connectivity index (χ0n) is 8.44. The highest BCUT2D eigenvalue weighted by atomic mass is 16.6. The summed E-state index contributed by atoms with van der Waals surface area (Å²) in [4.78, 5) is 29.5. The second-order valence-electron chi connectivity index (χ2n) is 3.05. The van der Waals surface area contributed by atoms with Gasteiger partial charge in [-0.05, 0) is 20.3 Å². The third-order valence-electron chi connectivity index (χ3n) is 1.63. The van der Waals surface area contributed by atoms with Crippen LogP contribution in [0.2, 0.25) is 0 Å². The maximum atomic E-state index is 11.0. The number of carbonyl (C=O) groups is 3. The second-order valence-corrected chi connectivity index (χ2v) is 3.05. The number of esters is 1. The first-order chi connectivity index (χ1) is 6.31. The molecule has 0 rings (SSSR count). The van der Waals surface area contributed by atoms with Crippen LogP contribution in [0.5, 0.6) is 0 Å². The van der Waals surface area contributed by atoms with Crippen LogP contribution in [0.3, 0.4) is 0 Å². The zero-order chi connectivity index (χ0) is 11.8. The smallest absolute Gasteiger partial charge is 0.412 e. The van der Waals surface area contributed by atoms with Crippen LogP contribution in [0.1, 0.15) is 27.2 Å². The van der Waals surface area contributed by atoms with E-state index in [1.54, 1.807) is 13.8 Å². The van der Waals surface area contributed by atoms with Crippen molar-refractivity contribution < 1.29 is 24.2 Å². The van der Waals surface area contributed by atoms with Gasteiger partial charge in [-0.1, -0.05) is 6.92 Å². The van der Waals surface area contributed by atoms with Crippen molar-refractivity contribution in [1.29, 1.82) is 0 Å². The van der Waals surface area contributed by atoms with Crippen LogP contribution >= 0.6 is 0 Å². The molecule has 1 amide bonds. The molecule has 0 fully saturated rings. The van der Waals surface area contributed by atoms with Gasteiger partial charge in [0.15, 0.2) is 0 Å². The number of primary amides is 1. The molecule has 0 aliphatic carbocycles. The predicted molar refractivity (Wildman–Crippen MR) is 48.4 cm³/mol. The monoisotopic (exact) mass is 205 g/mol. The predicted octanol–water partition coefficient (Wildman–Crippen LogP) is 0.745. The largest absolute Gasteiger partial charge is 0.483 e. The lowest BCUT2D eigenvalue weighted by molar-refractivity contribution is -0.147. The van der Waals surface area contributed by atoms with E-state index in [9.17, 15) is 9.59 Å². The Morgan fingerprint density at radius 2 is 1.86 bits per heavy atom. The van der Waals surface area contributed by atoms with E-state index >= 15 is 0 Å². The summed E-state index contributed by atoms with van der Waals surface area (Å²) in [5.74, 6) is -0.576. The van der Waals surface area contributed by atoms with Crippen LogP contribution in [0.25, 0.3) is 0 Å². The van der Waals surface area contributed by atoms with Crippen LogP contribution in [-0.4, -0.2) is 23.6 Å². The van der Waals surface area contributed by atoms with E-state index in [0.29, 0.717) is 6.42 Å². The van der Waals surface area contributed by atoms with E-state index < -0.39 is 17.5 Å². The summed E-state index contributed by atoms with van der Waals surface area (Å²) >= 11 is 0. The van der Waals surface area contributed by atoms with E-state index in [4.69, 9.17) is 9.90 Å². The van der Waals surface area contributed by atoms with Crippen molar-refractivity contribution in [3.8, 4) is 0 Å². The number of carbonyl (C=O) groups excluding carboxylic acids is 2. The summed E-state index contributed by atoms with van der Waals surface area (Å²) in [6.45, 7) is 4.97. The lowest BCUT2D eigenvalue weighted by atomic mass is 9.91. The number of nitrogens with two attached hydrogens (primary N) is 1. The molecule has 82 valence electrons. The normalized spacial score (nSPS) is 9.36. The average molecular weight is 205 g/mol. The summed E-state index contributed by atoms with van der Waals surface area (Å²) in [6, 6.07) is 0. The van der Waals surface area contributed by atoms with Gasteiger partial charge in [-0.15, -0.1) is 0 Å². The molecule has 0 aliphatic rings. The fourth-order valence-electron chi connectivity index (χ4n) is 0.374. The summed E-state index contributed by atoms with van der Waals surface area (Å²) in [6.07, 6.45) is -0.435. The van der Waals surface area contributed by atoms with Crippen molar-refractivity contribution in [3.05, 3.63) is 0 Å². The van der Waals surface area contributed by atoms with Gasteiger partial charge < -0.3 is 15.6 Å². The third kappa shape index (κ3) is 7.08. The lowest BCUT2D eigenvalue weighted by Gasteiger charge is -2.18. The van der Waals surface area contributed by atoms with Crippen molar-refractivity contribution in [2.24, 2.45) is 11.1 Å². The van der Waals surface area contributed by atoms with Gasteiger partial charge in [-0.25, -0.2) is 4.79 Å². The molecule has 0 saturated carbocycles. The molecule has 6 nitrogen and oxygen atoms in total. The topological polar surface area (TPSA) is 107 Å². The van der Waals surface area contributed by atoms with Gasteiger partial charge in [0.25, 0.3) is 6.47 Å². The number of hydrogen-bond acceptors (Lipinski definition) is 4. The summed E-state index contributed by atoms with van der Waals surface area (Å²) in [5, 5.41) is 6.89. The van der Waals surface area contributed by atoms with Gasteiger partial charge >= 0.3 is 12.1 Å². The summed E-state index contributed by atoms with van der Waals surface area (Å²) in [7, 11) is 0. The Morgan fingerprint density at radius 1 is 1.50 bits per heavy atom. The molecule has 6 heteroatoms. The Morgan fingerprint density at radius 3 is 2.07 bits per heavy atom. The SMILES string of the molecule is CCC(C)(C)C(=O)OC(N)=O.O=CO. The van der Waals surface area contributed by atoms with E-state index in [0.717, 1.165) is 0 Å². The molecule has 0 radical (unpaired) electrons. The first-order valence-electron chi connectivity index (χ1n) is 3.91. The maximum absolute atomic E-state index is 11.0. The van der Waals surface area contributed by atoms with E-state index in [1.807, 2.05) is 6.92 Å². The van der Waals surface area contributed by atoms with Crippen molar-refractivity contribution in [2.45, 2.75) is 27.2 Å². The summed E-state index contributed by atoms with van der Waals surface area (Å²) < 4.78 is 4.21. The minimum absolute atomic E-state index is 0.250. The Hall–Kier alpha value is -1.59. The molecule has 3 N–H and O–H groups in total. The van der Waals surface area contributed by atoms with Gasteiger partial charge in [0.1, 0.15) is 0 Å². The number of amides is 1. The Labute approximate surface area is 82.0 Å². The molecule has 0 aliphatic heterocycles. The average Bonchev–Trinajstić information content (AvgIpc) is 2.04. The molecule has 0 spiro atoms. The number of rotatable bonds is 2. The number of carboxylic acid groups (broad SMARTS) is 1. The molecule has 0 aromatic carbocycles. The molecule has 0 bridgehead atoms.